The van der Waals surface area contributed by atoms with Crippen molar-refractivity contribution in [2.45, 2.75) is 31.2 Å². The predicted molar refractivity (Wildman–Crippen MR) is 130 cm³/mol. The molecule has 2 heterocycles. The Morgan fingerprint density at radius 1 is 1.34 bits per heavy atom. The lowest BCUT2D eigenvalue weighted by molar-refractivity contribution is 0.0501. The second-order valence-electron chi connectivity index (χ2n) is 8.15. The fourth-order valence-corrected chi connectivity index (χ4v) is 5.52. The normalized spacial score (nSPS) is 22.3. The summed E-state index contributed by atoms with van der Waals surface area (Å²) in [5.41, 5.74) is 1.16. The standard InChI is InChI=1S/C22H22ClFN4O5S2/c23-14-3-1-2-12(6-14)7-15-4-5-18(34-15)21(30)16-9-26-11-27-22(16)28-17-8-13(20(29)19(17)24)10-33-35(25,31)32/h1-6,9,11,13,17,19-20,29H,7-8,10H2,(H2,25,31,32)(H,26,27,28)/t13-,17-,19-,20-/m1/s1. The van der Waals surface area contributed by atoms with E-state index in [1.165, 1.54) is 23.9 Å². The molecular weight excluding hydrogens is 519 g/mol. The molecule has 3 aromatic rings. The summed E-state index contributed by atoms with van der Waals surface area (Å²) in [6, 6.07) is 10.1. The van der Waals surface area contributed by atoms with Gasteiger partial charge in [0.1, 0.15) is 18.3 Å². The quantitative estimate of drug-likeness (QED) is 0.351. The molecule has 2 aromatic heterocycles. The van der Waals surface area contributed by atoms with Crippen LogP contribution in [0.5, 0.6) is 0 Å². The second-order valence-corrected chi connectivity index (χ2v) is 11.0. The van der Waals surface area contributed by atoms with Crippen LogP contribution < -0.4 is 10.5 Å². The lowest BCUT2D eigenvalue weighted by Gasteiger charge is -2.18. The van der Waals surface area contributed by atoms with Gasteiger partial charge in [-0.3, -0.25) is 8.98 Å². The van der Waals surface area contributed by atoms with Gasteiger partial charge in [-0.1, -0.05) is 23.7 Å². The van der Waals surface area contributed by atoms with Gasteiger partial charge in [0, 0.05) is 28.4 Å². The molecular formula is C22H22ClFN4O5S2. The summed E-state index contributed by atoms with van der Waals surface area (Å²) in [7, 11) is -4.22. The van der Waals surface area contributed by atoms with Crippen LogP contribution in [0.3, 0.4) is 0 Å². The molecule has 9 nitrogen and oxygen atoms in total. The van der Waals surface area contributed by atoms with Crippen LogP contribution in [0.1, 0.15) is 32.1 Å². The largest absolute Gasteiger partial charge is 0.390 e. The van der Waals surface area contributed by atoms with Crippen LogP contribution in [0, 0.1) is 5.92 Å². The van der Waals surface area contributed by atoms with E-state index in [0.29, 0.717) is 16.3 Å². The number of hydrogen-bond acceptors (Lipinski definition) is 9. The molecule has 0 aliphatic heterocycles. The molecule has 0 radical (unpaired) electrons. The van der Waals surface area contributed by atoms with Gasteiger partial charge in [-0.05, 0) is 36.2 Å². The molecule has 4 rings (SSSR count). The Labute approximate surface area is 210 Å². The summed E-state index contributed by atoms with van der Waals surface area (Å²) in [5, 5.41) is 18.5. The molecule has 4 N–H and O–H groups in total. The molecule has 1 aliphatic carbocycles. The van der Waals surface area contributed by atoms with E-state index in [1.807, 2.05) is 24.3 Å². The maximum atomic E-state index is 14.7. The van der Waals surface area contributed by atoms with Crippen LogP contribution in [0.15, 0.2) is 48.9 Å². The van der Waals surface area contributed by atoms with Gasteiger partial charge >= 0.3 is 10.3 Å². The summed E-state index contributed by atoms with van der Waals surface area (Å²) in [5.74, 6) is -1.03. The van der Waals surface area contributed by atoms with Gasteiger partial charge in [-0.25, -0.2) is 19.5 Å². The zero-order valence-corrected chi connectivity index (χ0v) is 20.6. The van der Waals surface area contributed by atoms with Crippen molar-refractivity contribution in [2.75, 3.05) is 11.9 Å². The highest BCUT2D eigenvalue weighted by atomic mass is 35.5. The lowest BCUT2D eigenvalue weighted by atomic mass is 10.1. The number of halogens is 2. The number of nitrogens with zero attached hydrogens (tertiary/aromatic N) is 2. The third kappa shape index (κ3) is 6.40. The van der Waals surface area contributed by atoms with Crippen LogP contribution in [-0.2, 0) is 20.9 Å². The molecule has 1 aliphatic rings. The smallest absolute Gasteiger partial charge is 0.333 e. The molecule has 1 aromatic carbocycles. The minimum atomic E-state index is -4.22. The maximum absolute atomic E-state index is 14.7. The number of aromatic nitrogens is 2. The monoisotopic (exact) mass is 540 g/mol. The van der Waals surface area contributed by atoms with Gasteiger partial charge in [0.2, 0.25) is 5.78 Å². The van der Waals surface area contributed by atoms with Crippen LogP contribution in [0.4, 0.5) is 10.2 Å². The number of aliphatic hydroxyl groups excluding tert-OH is 1. The van der Waals surface area contributed by atoms with Gasteiger partial charge in [-0.15, -0.1) is 11.3 Å². The van der Waals surface area contributed by atoms with Gasteiger partial charge in [0.05, 0.1) is 29.2 Å². The maximum Gasteiger partial charge on any atom is 0.333 e. The molecule has 0 bridgehead atoms. The predicted octanol–water partition coefficient (Wildman–Crippen LogP) is 2.73. The lowest BCUT2D eigenvalue weighted by Crippen LogP contribution is -2.33. The van der Waals surface area contributed by atoms with Crippen molar-refractivity contribution in [1.29, 1.82) is 0 Å². The molecule has 4 atom stereocenters. The Hall–Kier alpha value is -2.48. The Bertz CT molecular complexity index is 1320. The first-order chi connectivity index (χ1) is 16.6. The van der Waals surface area contributed by atoms with Crippen molar-refractivity contribution in [3.8, 4) is 0 Å². The zero-order valence-electron chi connectivity index (χ0n) is 18.2. The molecule has 0 amide bonds. The first kappa shape index (κ1) is 25.6. The van der Waals surface area contributed by atoms with Crippen LogP contribution >= 0.6 is 22.9 Å². The number of alkyl halides is 1. The SMILES string of the molecule is NS(=O)(=O)OC[C@H]1C[C@@H](Nc2ncncc2C(=O)c2ccc(Cc3cccc(Cl)c3)s2)[C@@H](F)[C@@H]1O. The number of ketones is 1. The van der Waals surface area contributed by atoms with Gasteiger partial charge < -0.3 is 10.4 Å². The van der Waals surface area contributed by atoms with E-state index < -0.39 is 41.1 Å². The number of benzene rings is 1. The highest BCUT2D eigenvalue weighted by Crippen LogP contribution is 2.33. The highest BCUT2D eigenvalue weighted by molar-refractivity contribution is 7.84. The number of nitrogens with two attached hydrogens (primary N) is 1. The minimum absolute atomic E-state index is 0.0400. The van der Waals surface area contributed by atoms with Crippen molar-refractivity contribution < 1.29 is 26.9 Å². The van der Waals surface area contributed by atoms with E-state index in [1.54, 1.807) is 12.1 Å². The number of anilines is 1. The van der Waals surface area contributed by atoms with Crippen molar-refractivity contribution in [3.05, 3.63) is 74.8 Å². The third-order valence-electron chi connectivity index (χ3n) is 5.63. The molecule has 35 heavy (non-hydrogen) atoms. The Morgan fingerprint density at radius 3 is 2.89 bits per heavy atom. The van der Waals surface area contributed by atoms with Gasteiger partial charge in [-0.2, -0.15) is 8.42 Å². The summed E-state index contributed by atoms with van der Waals surface area (Å²) in [4.78, 5) is 22.7. The molecule has 0 spiro atoms. The second kappa shape index (κ2) is 10.6. The van der Waals surface area contributed by atoms with E-state index in [0.717, 1.165) is 10.4 Å². The number of thiophene rings is 1. The summed E-state index contributed by atoms with van der Waals surface area (Å²) in [6.45, 7) is -0.460. The summed E-state index contributed by atoms with van der Waals surface area (Å²) < 4.78 is 41.3. The Balaban J connectivity index is 1.47. The first-order valence-corrected chi connectivity index (χ1v) is 13.2. The van der Waals surface area contributed by atoms with E-state index in [4.69, 9.17) is 16.7 Å². The van der Waals surface area contributed by atoms with Gasteiger partial charge in [0.15, 0.2) is 0 Å². The Morgan fingerprint density at radius 2 is 2.14 bits per heavy atom. The van der Waals surface area contributed by atoms with Crippen molar-refractivity contribution in [2.24, 2.45) is 11.1 Å². The number of hydrogen-bond donors (Lipinski definition) is 3. The fourth-order valence-electron chi connectivity index (χ4n) is 3.94. The molecule has 1 saturated carbocycles. The average Bonchev–Trinajstić information content (AvgIpc) is 3.37. The molecule has 13 heteroatoms. The number of nitrogens with one attached hydrogen (secondary N) is 1. The van der Waals surface area contributed by atoms with Crippen molar-refractivity contribution in [1.82, 2.24) is 9.97 Å². The van der Waals surface area contributed by atoms with Crippen molar-refractivity contribution in [3.63, 3.8) is 0 Å². The molecule has 0 unspecified atom stereocenters. The summed E-state index contributed by atoms with van der Waals surface area (Å²) in [6.07, 6.45) is 0.000176. The van der Waals surface area contributed by atoms with Gasteiger partial charge in [0.25, 0.3) is 0 Å². The zero-order chi connectivity index (χ0) is 25.2. The third-order valence-corrected chi connectivity index (χ3v) is 7.41. The van der Waals surface area contributed by atoms with E-state index in [9.17, 15) is 22.7 Å². The van der Waals surface area contributed by atoms with Crippen LogP contribution in [-0.4, -0.2) is 54.2 Å². The molecule has 1 fully saturated rings. The number of rotatable bonds is 9. The topological polar surface area (TPSA) is 144 Å². The Kier molecular flexibility index (Phi) is 7.79. The number of carbonyl (C=O) groups is 1. The first-order valence-electron chi connectivity index (χ1n) is 10.5. The summed E-state index contributed by atoms with van der Waals surface area (Å²) >= 11 is 7.37. The minimum Gasteiger partial charge on any atom is -0.390 e. The van der Waals surface area contributed by atoms with Crippen molar-refractivity contribution >= 4 is 44.8 Å². The highest BCUT2D eigenvalue weighted by Gasteiger charge is 2.44. The average molecular weight is 541 g/mol. The number of aliphatic hydroxyl groups is 1. The van der Waals surface area contributed by atoms with Crippen LogP contribution in [0.2, 0.25) is 5.02 Å². The van der Waals surface area contributed by atoms with E-state index >= 15 is 0 Å². The molecule has 186 valence electrons. The molecule has 0 saturated heterocycles. The van der Waals surface area contributed by atoms with E-state index in [-0.39, 0.29) is 23.6 Å². The van der Waals surface area contributed by atoms with Crippen LogP contribution in [0.25, 0.3) is 0 Å². The van der Waals surface area contributed by atoms with E-state index in [2.05, 4.69) is 19.5 Å². The number of carbonyl (C=O) groups excluding carboxylic acids is 1. The fraction of sp³-hybridized carbons (Fsp3) is 0.318.